The number of hydrogen-bond donors (Lipinski definition) is 1. The van der Waals surface area contributed by atoms with Gasteiger partial charge in [0.15, 0.2) is 0 Å². The first kappa shape index (κ1) is 18.4. The van der Waals surface area contributed by atoms with Crippen molar-refractivity contribution < 1.29 is 9.59 Å². The largest absolute Gasteiger partial charge is 0.355 e. The average Bonchev–Trinajstić information content (AvgIpc) is 3.38. The molecular weight excluding hydrogens is 350 g/mol. The van der Waals surface area contributed by atoms with Gasteiger partial charge in [0.2, 0.25) is 11.8 Å². The van der Waals surface area contributed by atoms with Gasteiger partial charge in [-0.15, -0.1) is 0 Å². The predicted molar refractivity (Wildman–Crippen MR) is 102 cm³/mol. The molecule has 0 saturated heterocycles. The van der Waals surface area contributed by atoms with Crippen LogP contribution in [0.2, 0.25) is 5.02 Å². The number of amides is 2. The summed E-state index contributed by atoms with van der Waals surface area (Å²) in [5.74, 6) is 0.557. The van der Waals surface area contributed by atoms with Crippen molar-refractivity contribution in [3.8, 4) is 0 Å². The Morgan fingerprint density at radius 3 is 2.58 bits per heavy atom. The normalized spacial score (nSPS) is 18.2. The number of aromatic nitrogens is 1. The van der Waals surface area contributed by atoms with E-state index in [-0.39, 0.29) is 24.2 Å². The van der Waals surface area contributed by atoms with Crippen LogP contribution in [0.1, 0.15) is 25.5 Å². The van der Waals surface area contributed by atoms with Crippen LogP contribution in [-0.4, -0.2) is 23.3 Å². The number of nitrogens with zero attached hydrogens (tertiary/aromatic N) is 2. The molecule has 2 aromatic rings. The Morgan fingerprint density at radius 2 is 1.96 bits per heavy atom. The summed E-state index contributed by atoms with van der Waals surface area (Å²) in [4.78, 5) is 30.7. The second-order valence-corrected chi connectivity index (χ2v) is 7.07. The van der Waals surface area contributed by atoms with Crippen LogP contribution in [0, 0.1) is 11.8 Å². The molecule has 5 nitrogen and oxygen atoms in total. The summed E-state index contributed by atoms with van der Waals surface area (Å²) < 4.78 is 0. The quantitative estimate of drug-likeness (QED) is 0.811. The molecule has 2 atom stereocenters. The van der Waals surface area contributed by atoms with Crippen molar-refractivity contribution in [3.63, 3.8) is 0 Å². The van der Waals surface area contributed by atoms with Crippen LogP contribution in [0.3, 0.4) is 0 Å². The second-order valence-electron chi connectivity index (χ2n) is 6.64. The number of halogens is 1. The van der Waals surface area contributed by atoms with E-state index in [2.05, 4.69) is 17.2 Å². The number of rotatable bonds is 7. The Morgan fingerprint density at radius 1 is 1.23 bits per heavy atom. The van der Waals surface area contributed by atoms with Crippen molar-refractivity contribution in [1.82, 2.24) is 10.3 Å². The van der Waals surface area contributed by atoms with Crippen LogP contribution in [0.5, 0.6) is 0 Å². The number of carbonyl (C=O) groups excluding carboxylic acids is 2. The number of pyridine rings is 1. The Kier molecular flexibility index (Phi) is 5.89. The van der Waals surface area contributed by atoms with Crippen LogP contribution in [0.25, 0.3) is 0 Å². The molecule has 1 fully saturated rings. The number of anilines is 1. The Hall–Kier alpha value is -2.40. The van der Waals surface area contributed by atoms with Gasteiger partial charge in [0.25, 0.3) is 0 Å². The first-order valence-corrected chi connectivity index (χ1v) is 9.16. The minimum absolute atomic E-state index is 0.0491. The monoisotopic (exact) mass is 371 g/mol. The number of benzene rings is 1. The fourth-order valence-electron chi connectivity index (χ4n) is 2.84. The van der Waals surface area contributed by atoms with Crippen molar-refractivity contribution in [1.29, 1.82) is 0 Å². The van der Waals surface area contributed by atoms with Crippen molar-refractivity contribution in [2.45, 2.75) is 26.3 Å². The summed E-state index contributed by atoms with van der Waals surface area (Å²) in [6.07, 6.45) is 2.88. The Bertz CT molecular complexity index is 764. The van der Waals surface area contributed by atoms with Gasteiger partial charge in [-0.05, 0) is 48.7 Å². The topological polar surface area (TPSA) is 62.3 Å². The second kappa shape index (κ2) is 8.32. The molecule has 0 aliphatic heterocycles. The lowest BCUT2D eigenvalue weighted by Crippen LogP contribution is -2.35. The van der Waals surface area contributed by atoms with Crippen molar-refractivity contribution in [2.24, 2.45) is 11.8 Å². The zero-order valence-electron chi connectivity index (χ0n) is 14.7. The van der Waals surface area contributed by atoms with E-state index in [1.165, 1.54) is 0 Å². The van der Waals surface area contributed by atoms with Gasteiger partial charge >= 0.3 is 0 Å². The average molecular weight is 372 g/mol. The molecular formula is C20H22ClN3O2. The molecule has 1 saturated carbocycles. The van der Waals surface area contributed by atoms with E-state index in [1.54, 1.807) is 23.2 Å². The van der Waals surface area contributed by atoms with Crippen molar-refractivity contribution >= 4 is 29.1 Å². The molecule has 2 amide bonds. The van der Waals surface area contributed by atoms with Gasteiger partial charge in [0.05, 0.1) is 12.2 Å². The molecule has 0 spiro atoms. The molecule has 0 unspecified atom stereocenters. The molecule has 136 valence electrons. The van der Waals surface area contributed by atoms with E-state index in [0.29, 0.717) is 24.0 Å². The Balaban J connectivity index is 1.64. The van der Waals surface area contributed by atoms with E-state index < -0.39 is 0 Å². The molecule has 1 heterocycles. The molecule has 6 heteroatoms. The predicted octanol–water partition coefficient (Wildman–Crippen LogP) is 3.43. The lowest BCUT2D eigenvalue weighted by atomic mass is 10.2. The number of hydrogen-bond acceptors (Lipinski definition) is 3. The molecule has 1 N–H and O–H groups in total. The minimum Gasteiger partial charge on any atom is -0.355 e. The molecule has 1 aromatic carbocycles. The van der Waals surface area contributed by atoms with Crippen LogP contribution >= 0.6 is 11.6 Å². The molecule has 0 radical (unpaired) electrons. The third-order valence-corrected chi connectivity index (χ3v) is 4.82. The van der Waals surface area contributed by atoms with Crippen LogP contribution < -0.4 is 10.2 Å². The van der Waals surface area contributed by atoms with Gasteiger partial charge in [-0.2, -0.15) is 0 Å². The maximum atomic E-state index is 12.8. The highest BCUT2D eigenvalue weighted by Gasteiger charge is 2.38. The summed E-state index contributed by atoms with van der Waals surface area (Å²) in [5.41, 5.74) is 1.55. The maximum absolute atomic E-state index is 12.8. The zero-order valence-corrected chi connectivity index (χ0v) is 15.4. The highest BCUT2D eigenvalue weighted by atomic mass is 35.5. The Labute approximate surface area is 158 Å². The lowest BCUT2D eigenvalue weighted by molar-refractivity contribution is -0.122. The standard InChI is InChI=1S/C20H22ClN3O2/c1-14-12-18(14)20(26)23-11-9-19(25)24(13-16-4-2-3-10-22-16)17-7-5-15(21)6-8-17/h2-8,10,14,18H,9,11-13H2,1H3,(H,23,26)/t14-,18+/m1/s1. The van der Waals surface area contributed by atoms with Gasteiger partial charge < -0.3 is 10.2 Å². The number of carbonyl (C=O) groups is 2. The summed E-state index contributed by atoms with van der Waals surface area (Å²) in [6, 6.07) is 12.8. The third-order valence-electron chi connectivity index (χ3n) is 4.57. The van der Waals surface area contributed by atoms with Gasteiger partial charge in [-0.1, -0.05) is 24.6 Å². The van der Waals surface area contributed by atoms with E-state index in [1.807, 2.05) is 30.3 Å². The SMILES string of the molecule is C[C@@H]1C[C@@H]1C(=O)NCCC(=O)N(Cc1ccccn1)c1ccc(Cl)cc1. The van der Waals surface area contributed by atoms with Gasteiger partial charge in [0.1, 0.15) is 0 Å². The summed E-state index contributed by atoms with van der Waals surface area (Å²) >= 11 is 5.96. The van der Waals surface area contributed by atoms with Crippen molar-refractivity contribution in [3.05, 3.63) is 59.4 Å². The van der Waals surface area contributed by atoms with Gasteiger partial charge in [-0.25, -0.2) is 0 Å². The fraction of sp³-hybridized carbons (Fsp3) is 0.350. The van der Waals surface area contributed by atoms with Crippen LogP contribution in [0.15, 0.2) is 48.7 Å². The van der Waals surface area contributed by atoms with Crippen molar-refractivity contribution in [2.75, 3.05) is 11.4 Å². The smallest absolute Gasteiger partial charge is 0.229 e. The highest BCUT2D eigenvalue weighted by molar-refractivity contribution is 6.30. The zero-order chi connectivity index (χ0) is 18.5. The number of nitrogens with one attached hydrogen (secondary N) is 1. The minimum atomic E-state index is -0.0675. The molecule has 1 aliphatic rings. The van der Waals surface area contributed by atoms with Gasteiger partial charge in [-0.3, -0.25) is 14.6 Å². The molecule has 1 aliphatic carbocycles. The van der Waals surface area contributed by atoms with E-state index in [4.69, 9.17) is 11.6 Å². The lowest BCUT2D eigenvalue weighted by Gasteiger charge is -2.23. The van der Waals surface area contributed by atoms with Crippen LogP contribution in [0.4, 0.5) is 5.69 Å². The fourth-order valence-corrected chi connectivity index (χ4v) is 2.97. The molecule has 0 bridgehead atoms. The van der Waals surface area contributed by atoms with Crippen LogP contribution in [-0.2, 0) is 16.1 Å². The van der Waals surface area contributed by atoms with E-state index in [9.17, 15) is 9.59 Å². The first-order chi connectivity index (χ1) is 12.5. The van der Waals surface area contributed by atoms with Gasteiger partial charge in [0, 0.05) is 35.8 Å². The highest BCUT2D eigenvalue weighted by Crippen LogP contribution is 2.37. The maximum Gasteiger partial charge on any atom is 0.229 e. The molecule has 3 rings (SSSR count). The van der Waals surface area contributed by atoms with E-state index in [0.717, 1.165) is 17.8 Å². The molecule has 26 heavy (non-hydrogen) atoms. The third kappa shape index (κ3) is 4.82. The molecule has 1 aromatic heterocycles. The first-order valence-electron chi connectivity index (χ1n) is 8.78. The summed E-state index contributed by atoms with van der Waals surface area (Å²) in [5, 5.41) is 3.48. The van der Waals surface area contributed by atoms with E-state index >= 15 is 0 Å². The summed E-state index contributed by atoms with van der Waals surface area (Å²) in [7, 11) is 0. The summed E-state index contributed by atoms with van der Waals surface area (Å²) in [6.45, 7) is 2.77.